The second kappa shape index (κ2) is 7.26. The average molecular weight is 299 g/mol. The summed E-state index contributed by atoms with van der Waals surface area (Å²) in [5.41, 5.74) is 2.17. The van der Waals surface area contributed by atoms with Crippen LogP contribution in [0.1, 0.15) is 22.8 Å². The third-order valence-corrected chi connectivity index (χ3v) is 2.87. The summed E-state index contributed by atoms with van der Waals surface area (Å²) in [4.78, 5) is 23.3. The maximum absolute atomic E-state index is 11.8. The molecule has 0 aromatic heterocycles. The number of aryl methyl sites for hydroxylation is 1. The summed E-state index contributed by atoms with van der Waals surface area (Å²) in [5, 5.41) is 2.62. The molecular formula is C17H17NO4. The Bertz CT molecular complexity index is 647. The van der Waals surface area contributed by atoms with Crippen LogP contribution in [0.15, 0.2) is 48.5 Å². The number of hydrogen-bond donors (Lipinski definition) is 1. The zero-order valence-electron chi connectivity index (χ0n) is 12.5. The number of carbonyl (C=O) groups excluding carboxylic acids is 2. The number of ether oxygens (including phenoxy) is 2. The van der Waals surface area contributed by atoms with Gasteiger partial charge in [-0.3, -0.25) is 5.32 Å². The highest BCUT2D eigenvalue weighted by atomic mass is 16.6. The summed E-state index contributed by atoms with van der Waals surface area (Å²) in [5.74, 6) is -0.0594. The molecule has 5 nitrogen and oxygen atoms in total. The van der Waals surface area contributed by atoms with Crippen molar-refractivity contribution >= 4 is 17.7 Å². The summed E-state index contributed by atoms with van der Waals surface area (Å²) in [6.45, 7) is 4.02. The fraction of sp³-hybridized carbons (Fsp3) is 0.176. The highest BCUT2D eigenvalue weighted by molar-refractivity contribution is 5.90. The molecule has 0 radical (unpaired) electrons. The Morgan fingerprint density at radius 1 is 1.00 bits per heavy atom. The first-order valence-electron chi connectivity index (χ1n) is 6.91. The maximum Gasteiger partial charge on any atom is 0.417 e. The van der Waals surface area contributed by atoms with Crippen molar-refractivity contribution in [2.45, 2.75) is 13.8 Å². The summed E-state index contributed by atoms with van der Waals surface area (Å²) in [7, 11) is 0. The smallest absolute Gasteiger partial charge is 0.417 e. The molecule has 0 unspecified atom stereocenters. The quantitative estimate of drug-likeness (QED) is 0.872. The molecule has 1 amide bonds. The molecule has 22 heavy (non-hydrogen) atoms. The van der Waals surface area contributed by atoms with Crippen LogP contribution in [0.25, 0.3) is 0 Å². The van der Waals surface area contributed by atoms with E-state index in [4.69, 9.17) is 9.47 Å². The standard InChI is InChI=1S/C17H17NO4/c1-3-21-16(19)13-6-10-15(11-7-13)22-17(20)18-14-8-4-12(2)5-9-14/h4-11H,3H2,1-2H3,(H,18,20). The van der Waals surface area contributed by atoms with Gasteiger partial charge in [-0.1, -0.05) is 17.7 Å². The molecule has 2 rings (SSSR count). The molecule has 0 atom stereocenters. The molecule has 1 N–H and O–H groups in total. The van der Waals surface area contributed by atoms with E-state index in [2.05, 4.69) is 5.32 Å². The lowest BCUT2D eigenvalue weighted by Crippen LogP contribution is -2.16. The van der Waals surface area contributed by atoms with E-state index in [0.717, 1.165) is 5.56 Å². The Balaban J connectivity index is 1.94. The molecule has 2 aromatic carbocycles. The lowest BCUT2D eigenvalue weighted by atomic mass is 10.2. The van der Waals surface area contributed by atoms with Crippen LogP contribution in [0, 0.1) is 6.92 Å². The van der Waals surface area contributed by atoms with Gasteiger partial charge in [0.05, 0.1) is 12.2 Å². The zero-order chi connectivity index (χ0) is 15.9. The van der Waals surface area contributed by atoms with Gasteiger partial charge in [-0.15, -0.1) is 0 Å². The van der Waals surface area contributed by atoms with E-state index in [0.29, 0.717) is 23.6 Å². The van der Waals surface area contributed by atoms with Gasteiger partial charge in [-0.2, -0.15) is 0 Å². The van der Waals surface area contributed by atoms with Crippen molar-refractivity contribution < 1.29 is 19.1 Å². The molecule has 5 heteroatoms. The number of anilines is 1. The zero-order valence-corrected chi connectivity index (χ0v) is 12.5. The second-order valence-electron chi connectivity index (χ2n) is 4.63. The number of nitrogens with one attached hydrogen (secondary N) is 1. The molecule has 0 aliphatic carbocycles. The van der Waals surface area contributed by atoms with Gasteiger partial charge in [-0.05, 0) is 50.2 Å². The SMILES string of the molecule is CCOC(=O)c1ccc(OC(=O)Nc2ccc(C)cc2)cc1. The van der Waals surface area contributed by atoms with Crippen molar-refractivity contribution in [3.63, 3.8) is 0 Å². The van der Waals surface area contributed by atoms with Gasteiger partial charge >= 0.3 is 12.1 Å². The molecule has 0 saturated carbocycles. The molecule has 0 heterocycles. The number of hydrogen-bond acceptors (Lipinski definition) is 4. The van der Waals surface area contributed by atoms with Gasteiger partial charge in [0, 0.05) is 5.69 Å². The van der Waals surface area contributed by atoms with E-state index in [-0.39, 0.29) is 0 Å². The molecule has 0 bridgehead atoms. The van der Waals surface area contributed by atoms with Crippen molar-refractivity contribution in [1.82, 2.24) is 0 Å². The monoisotopic (exact) mass is 299 g/mol. The minimum absolute atomic E-state index is 0.316. The van der Waals surface area contributed by atoms with E-state index >= 15 is 0 Å². The Kier molecular flexibility index (Phi) is 5.14. The van der Waals surface area contributed by atoms with Crippen molar-refractivity contribution in [3.8, 4) is 5.75 Å². The first kappa shape index (κ1) is 15.6. The second-order valence-corrected chi connectivity index (χ2v) is 4.63. The van der Waals surface area contributed by atoms with Gasteiger partial charge < -0.3 is 9.47 Å². The maximum atomic E-state index is 11.8. The Morgan fingerprint density at radius 3 is 2.23 bits per heavy atom. The number of carbonyl (C=O) groups is 2. The van der Waals surface area contributed by atoms with Gasteiger partial charge in [0.25, 0.3) is 0 Å². The Labute approximate surface area is 128 Å². The third kappa shape index (κ3) is 4.34. The van der Waals surface area contributed by atoms with Crippen LogP contribution in [0.2, 0.25) is 0 Å². The van der Waals surface area contributed by atoms with Crippen LogP contribution < -0.4 is 10.1 Å². The predicted molar refractivity (Wildman–Crippen MR) is 83.2 cm³/mol. The number of amides is 1. The van der Waals surface area contributed by atoms with Crippen molar-refractivity contribution in [2.24, 2.45) is 0 Å². The van der Waals surface area contributed by atoms with Crippen LogP contribution in [-0.2, 0) is 4.74 Å². The van der Waals surface area contributed by atoms with Crippen molar-refractivity contribution in [2.75, 3.05) is 11.9 Å². The highest BCUT2D eigenvalue weighted by Gasteiger charge is 2.08. The predicted octanol–water partition coefficient (Wildman–Crippen LogP) is 3.78. The molecule has 0 fully saturated rings. The van der Waals surface area contributed by atoms with Crippen molar-refractivity contribution in [3.05, 3.63) is 59.7 Å². The van der Waals surface area contributed by atoms with Crippen LogP contribution in [0.4, 0.5) is 10.5 Å². The van der Waals surface area contributed by atoms with Gasteiger partial charge in [0.2, 0.25) is 0 Å². The highest BCUT2D eigenvalue weighted by Crippen LogP contribution is 2.15. The number of esters is 1. The van der Waals surface area contributed by atoms with E-state index in [1.807, 2.05) is 19.1 Å². The molecule has 0 aliphatic heterocycles. The summed E-state index contributed by atoms with van der Waals surface area (Å²) >= 11 is 0. The summed E-state index contributed by atoms with van der Waals surface area (Å²) < 4.78 is 10.0. The largest absolute Gasteiger partial charge is 0.462 e. The van der Waals surface area contributed by atoms with E-state index in [1.165, 1.54) is 0 Å². The molecular weight excluding hydrogens is 282 g/mol. The molecule has 0 spiro atoms. The van der Waals surface area contributed by atoms with E-state index in [9.17, 15) is 9.59 Å². The average Bonchev–Trinajstić information content (AvgIpc) is 2.50. The Morgan fingerprint density at radius 2 is 1.64 bits per heavy atom. The van der Waals surface area contributed by atoms with E-state index < -0.39 is 12.1 Å². The minimum Gasteiger partial charge on any atom is -0.462 e. The van der Waals surface area contributed by atoms with Crippen LogP contribution in [0.5, 0.6) is 5.75 Å². The van der Waals surface area contributed by atoms with Gasteiger partial charge in [0.1, 0.15) is 5.75 Å². The fourth-order valence-electron chi connectivity index (χ4n) is 1.76. The van der Waals surface area contributed by atoms with Crippen LogP contribution >= 0.6 is 0 Å². The molecule has 0 saturated heterocycles. The first-order valence-corrected chi connectivity index (χ1v) is 6.91. The van der Waals surface area contributed by atoms with Gasteiger partial charge in [0.15, 0.2) is 0 Å². The topological polar surface area (TPSA) is 64.6 Å². The lowest BCUT2D eigenvalue weighted by Gasteiger charge is -2.07. The third-order valence-electron chi connectivity index (χ3n) is 2.87. The van der Waals surface area contributed by atoms with Crippen LogP contribution in [0.3, 0.4) is 0 Å². The lowest BCUT2D eigenvalue weighted by molar-refractivity contribution is 0.0526. The number of benzene rings is 2. The van der Waals surface area contributed by atoms with Gasteiger partial charge in [-0.25, -0.2) is 9.59 Å². The molecule has 114 valence electrons. The molecule has 2 aromatic rings. The summed E-state index contributed by atoms with van der Waals surface area (Å²) in [6, 6.07) is 13.6. The van der Waals surface area contributed by atoms with Crippen LogP contribution in [-0.4, -0.2) is 18.7 Å². The fourth-order valence-corrected chi connectivity index (χ4v) is 1.76. The summed E-state index contributed by atoms with van der Waals surface area (Å²) in [6.07, 6.45) is -0.590. The Hall–Kier alpha value is -2.82. The molecule has 0 aliphatic rings. The van der Waals surface area contributed by atoms with Crippen molar-refractivity contribution in [1.29, 1.82) is 0 Å². The minimum atomic E-state index is -0.590. The first-order chi connectivity index (χ1) is 10.6. The normalized spacial score (nSPS) is 9.91. The number of rotatable bonds is 4. The van der Waals surface area contributed by atoms with E-state index in [1.54, 1.807) is 43.3 Å².